The van der Waals surface area contributed by atoms with E-state index < -0.39 is 5.97 Å². The lowest BCUT2D eigenvalue weighted by molar-refractivity contribution is 0.0658. The van der Waals surface area contributed by atoms with E-state index in [0.29, 0.717) is 48.9 Å². The molecule has 0 bridgehead atoms. The number of aromatic nitrogens is 2. The number of nitrogens with two attached hydrogens (primary N) is 1. The second kappa shape index (κ2) is 6.73. The zero-order chi connectivity index (χ0) is 19.0. The predicted molar refractivity (Wildman–Crippen MR) is 98.2 cm³/mol. The molecule has 8 heteroatoms. The Hall–Kier alpha value is -3.39. The van der Waals surface area contributed by atoms with Gasteiger partial charge in [0.05, 0.1) is 17.8 Å². The monoisotopic (exact) mass is 366 g/mol. The van der Waals surface area contributed by atoms with Crippen LogP contribution in [0.3, 0.4) is 0 Å². The van der Waals surface area contributed by atoms with Crippen LogP contribution in [-0.2, 0) is 19.5 Å². The van der Waals surface area contributed by atoms with E-state index in [0.717, 1.165) is 11.3 Å². The van der Waals surface area contributed by atoms with Crippen molar-refractivity contribution >= 4 is 11.7 Å². The van der Waals surface area contributed by atoms with Crippen LogP contribution in [0.15, 0.2) is 45.6 Å². The summed E-state index contributed by atoms with van der Waals surface area (Å²) in [5.74, 6) is -0.0980. The summed E-state index contributed by atoms with van der Waals surface area (Å²) in [4.78, 5) is 33.0. The van der Waals surface area contributed by atoms with Crippen molar-refractivity contribution in [3.8, 4) is 11.4 Å². The number of nitrogen functional groups attached to an aromatic ring is 1. The van der Waals surface area contributed by atoms with Crippen molar-refractivity contribution in [2.75, 3.05) is 12.3 Å². The molecule has 0 saturated carbocycles. The SMILES string of the molecule is Nc1ccc(-c2nc3c(c(=O)[nH]2)CN(Cc2ccc(C(=O)O)o2)CC3)cc1. The van der Waals surface area contributed by atoms with Gasteiger partial charge in [0.25, 0.3) is 5.56 Å². The third kappa shape index (κ3) is 3.47. The molecule has 1 aliphatic rings. The van der Waals surface area contributed by atoms with Gasteiger partial charge < -0.3 is 20.2 Å². The number of carbonyl (C=O) groups is 1. The second-order valence-electron chi connectivity index (χ2n) is 6.49. The Balaban J connectivity index is 1.55. The van der Waals surface area contributed by atoms with Gasteiger partial charge in [0.15, 0.2) is 0 Å². The lowest BCUT2D eigenvalue weighted by Crippen LogP contribution is -2.35. The molecule has 0 spiro atoms. The Morgan fingerprint density at radius 1 is 1.26 bits per heavy atom. The molecule has 0 radical (unpaired) electrons. The quantitative estimate of drug-likeness (QED) is 0.602. The summed E-state index contributed by atoms with van der Waals surface area (Å²) in [6.45, 7) is 1.57. The lowest BCUT2D eigenvalue weighted by atomic mass is 10.1. The normalized spacial score (nSPS) is 14.1. The smallest absolute Gasteiger partial charge is 0.371 e. The number of nitrogens with zero attached hydrogens (tertiary/aromatic N) is 2. The molecule has 0 fully saturated rings. The Bertz CT molecular complexity index is 1050. The van der Waals surface area contributed by atoms with E-state index in [1.165, 1.54) is 6.07 Å². The number of H-pyrrole nitrogens is 1. The van der Waals surface area contributed by atoms with Gasteiger partial charge in [-0.2, -0.15) is 0 Å². The van der Waals surface area contributed by atoms with Crippen molar-refractivity contribution in [1.29, 1.82) is 0 Å². The maximum Gasteiger partial charge on any atom is 0.371 e. The largest absolute Gasteiger partial charge is 0.475 e. The highest BCUT2D eigenvalue weighted by Crippen LogP contribution is 2.21. The number of aromatic amines is 1. The van der Waals surface area contributed by atoms with Crippen molar-refractivity contribution in [1.82, 2.24) is 14.9 Å². The van der Waals surface area contributed by atoms with Crippen LogP contribution in [0.1, 0.15) is 27.6 Å². The number of carboxylic acids is 1. The van der Waals surface area contributed by atoms with Gasteiger partial charge in [0, 0.05) is 30.8 Å². The lowest BCUT2D eigenvalue weighted by Gasteiger charge is -2.26. The summed E-state index contributed by atoms with van der Waals surface area (Å²) in [6.07, 6.45) is 0.633. The summed E-state index contributed by atoms with van der Waals surface area (Å²) >= 11 is 0. The van der Waals surface area contributed by atoms with E-state index in [-0.39, 0.29) is 11.3 Å². The van der Waals surface area contributed by atoms with E-state index in [4.69, 9.17) is 15.3 Å². The van der Waals surface area contributed by atoms with Crippen LogP contribution >= 0.6 is 0 Å². The molecule has 27 heavy (non-hydrogen) atoms. The topological polar surface area (TPSA) is 125 Å². The van der Waals surface area contributed by atoms with Crippen LogP contribution in [0.5, 0.6) is 0 Å². The minimum atomic E-state index is -1.10. The molecule has 0 saturated heterocycles. The first kappa shape index (κ1) is 17.0. The van der Waals surface area contributed by atoms with Crippen LogP contribution in [0, 0.1) is 0 Å². The van der Waals surface area contributed by atoms with Crippen LogP contribution < -0.4 is 11.3 Å². The summed E-state index contributed by atoms with van der Waals surface area (Å²) in [5.41, 5.74) is 8.41. The number of furan rings is 1. The standard InChI is InChI=1S/C19H18N4O4/c20-12-3-1-11(2-4-12)17-21-15-7-8-23(10-14(15)18(24)22-17)9-13-5-6-16(27-13)19(25)26/h1-6H,7-10,20H2,(H,25,26)(H,21,22,24). The molecule has 1 aromatic carbocycles. The molecule has 4 N–H and O–H groups in total. The van der Waals surface area contributed by atoms with Gasteiger partial charge in [0.2, 0.25) is 5.76 Å². The third-order valence-electron chi connectivity index (χ3n) is 4.58. The van der Waals surface area contributed by atoms with Crippen molar-refractivity contribution in [2.24, 2.45) is 0 Å². The molecule has 2 aromatic heterocycles. The zero-order valence-electron chi connectivity index (χ0n) is 14.4. The zero-order valence-corrected chi connectivity index (χ0v) is 14.4. The number of hydrogen-bond acceptors (Lipinski definition) is 6. The number of hydrogen-bond donors (Lipinski definition) is 3. The van der Waals surface area contributed by atoms with E-state index >= 15 is 0 Å². The van der Waals surface area contributed by atoms with Crippen LogP contribution in [0.25, 0.3) is 11.4 Å². The Labute approximate surface area is 154 Å². The molecule has 1 aliphatic heterocycles. The molecule has 0 aliphatic carbocycles. The van der Waals surface area contributed by atoms with Crippen molar-refractivity contribution < 1.29 is 14.3 Å². The molecule has 4 rings (SSSR count). The molecule has 0 atom stereocenters. The minimum Gasteiger partial charge on any atom is -0.475 e. The number of fused-ring (bicyclic) bond motifs is 1. The Kier molecular flexibility index (Phi) is 4.25. The average molecular weight is 366 g/mol. The second-order valence-corrected chi connectivity index (χ2v) is 6.49. The van der Waals surface area contributed by atoms with Crippen LogP contribution in [0.2, 0.25) is 0 Å². The number of benzene rings is 1. The minimum absolute atomic E-state index is 0.0879. The third-order valence-corrected chi connectivity index (χ3v) is 4.58. The number of carboxylic acid groups (broad SMARTS) is 1. The fourth-order valence-corrected chi connectivity index (χ4v) is 3.19. The first-order valence-electron chi connectivity index (χ1n) is 8.52. The predicted octanol–water partition coefficient (Wildman–Crippen LogP) is 1.87. The maximum atomic E-state index is 12.6. The van der Waals surface area contributed by atoms with Gasteiger partial charge >= 0.3 is 5.97 Å². The molecule has 0 amide bonds. The summed E-state index contributed by atoms with van der Waals surface area (Å²) in [7, 11) is 0. The van der Waals surface area contributed by atoms with E-state index in [9.17, 15) is 9.59 Å². The number of aromatic carboxylic acids is 1. The van der Waals surface area contributed by atoms with Crippen LogP contribution in [-0.4, -0.2) is 32.5 Å². The molecule has 8 nitrogen and oxygen atoms in total. The van der Waals surface area contributed by atoms with E-state index in [2.05, 4.69) is 9.97 Å². The fraction of sp³-hybridized carbons (Fsp3) is 0.211. The van der Waals surface area contributed by atoms with Crippen molar-refractivity contribution in [3.05, 3.63) is 69.5 Å². The van der Waals surface area contributed by atoms with Crippen LogP contribution in [0.4, 0.5) is 5.69 Å². The van der Waals surface area contributed by atoms with Gasteiger partial charge in [-0.3, -0.25) is 9.69 Å². The molecule has 0 unspecified atom stereocenters. The number of anilines is 1. The Morgan fingerprint density at radius 2 is 2.04 bits per heavy atom. The molecular formula is C19H18N4O4. The van der Waals surface area contributed by atoms with Gasteiger partial charge in [-0.15, -0.1) is 0 Å². The molecular weight excluding hydrogens is 348 g/mol. The first-order chi connectivity index (χ1) is 13.0. The molecule has 3 aromatic rings. The molecule has 138 valence electrons. The summed E-state index contributed by atoms with van der Waals surface area (Å²) in [6, 6.07) is 10.3. The summed E-state index contributed by atoms with van der Waals surface area (Å²) < 4.78 is 5.30. The maximum absolute atomic E-state index is 12.6. The van der Waals surface area contributed by atoms with Gasteiger partial charge in [-0.1, -0.05) is 0 Å². The van der Waals surface area contributed by atoms with E-state index in [1.54, 1.807) is 18.2 Å². The Morgan fingerprint density at radius 3 is 2.74 bits per heavy atom. The highest BCUT2D eigenvalue weighted by atomic mass is 16.4. The highest BCUT2D eigenvalue weighted by Gasteiger charge is 2.22. The van der Waals surface area contributed by atoms with E-state index in [1.807, 2.05) is 17.0 Å². The van der Waals surface area contributed by atoms with Gasteiger partial charge in [0.1, 0.15) is 11.6 Å². The first-order valence-corrected chi connectivity index (χ1v) is 8.52. The summed E-state index contributed by atoms with van der Waals surface area (Å²) in [5, 5.41) is 8.94. The van der Waals surface area contributed by atoms with Crippen molar-refractivity contribution in [2.45, 2.75) is 19.5 Å². The van der Waals surface area contributed by atoms with Gasteiger partial charge in [-0.05, 0) is 36.4 Å². The van der Waals surface area contributed by atoms with Gasteiger partial charge in [-0.25, -0.2) is 9.78 Å². The fourth-order valence-electron chi connectivity index (χ4n) is 3.19. The average Bonchev–Trinajstić information content (AvgIpc) is 3.11. The number of rotatable bonds is 4. The van der Waals surface area contributed by atoms with Crippen molar-refractivity contribution in [3.63, 3.8) is 0 Å². The number of nitrogens with one attached hydrogen (secondary N) is 1. The highest BCUT2D eigenvalue weighted by molar-refractivity contribution is 5.84. The molecule has 3 heterocycles.